The number of anilines is 1. The molecule has 3 rings (SSSR count). The summed E-state index contributed by atoms with van der Waals surface area (Å²) in [5.41, 5.74) is 1.00. The SMILES string of the molecule is CCOCC(=O)N1CCN(c2nccn2-c2cccc(OC)c2)CC1. The zero-order chi connectivity index (χ0) is 17.6. The van der Waals surface area contributed by atoms with Crippen LogP contribution in [-0.2, 0) is 9.53 Å². The molecule has 2 aromatic rings. The smallest absolute Gasteiger partial charge is 0.248 e. The molecular weight excluding hydrogens is 320 g/mol. The molecule has 0 atom stereocenters. The maximum atomic E-state index is 12.1. The Balaban J connectivity index is 1.68. The molecule has 0 aliphatic carbocycles. The quantitative estimate of drug-likeness (QED) is 0.796. The third-order valence-corrected chi connectivity index (χ3v) is 4.30. The molecule has 0 saturated carbocycles. The van der Waals surface area contributed by atoms with Crippen molar-refractivity contribution in [2.75, 3.05) is 51.4 Å². The average Bonchev–Trinajstić information content (AvgIpc) is 3.16. The van der Waals surface area contributed by atoms with Crippen molar-refractivity contribution in [3.63, 3.8) is 0 Å². The van der Waals surface area contributed by atoms with E-state index in [2.05, 4.69) is 9.88 Å². The third-order valence-electron chi connectivity index (χ3n) is 4.30. The number of nitrogens with zero attached hydrogens (tertiary/aromatic N) is 4. The number of aromatic nitrogens is 2. The third kappa shape index (κ3) is 3.93. The first-order valence-electron chi connectivity index (χ1n) is 8.51. The lowest BCUT2D eigenvalue weighted by Crippen LogP contribution is -2.50. The molecule has 1 aromatic heterocycles. The molecule has 1 aromatic carbocycles. The summed E-state index contributed by atoms with van der Waals surface area (Å²) in [4.78, 5) is 20.6. The maximum absolute atomic E-state index is 12.1. The highest BCUT2D eigenvalue weighted by atomic mass is 16.5. The van der Waals surface area contributed by atoms with E-state index >= 15 is 0 Å². The van der Waals surface area contributed by atoms with Crippen molar-refractivity contribution in [1.29, 1.82) is 0 Å². The van der Waals surface area contributed by atoms with Crippen LogP contribution in [0.3, 0.4) is 0 Å². The molecule has 1 amide bonds. The van der Waals surface area contributed by atoms with Crippen molar-refractivity contribution in [2.24, 2.45) is 0 Å². The molecule has 1 aliphatic rings. The summed E-state index contributed by atoms with van der Waals surface area (Å²) >= 11 is 0. The van der Waals surface area contributed by atoms with Gasteiger partial charge in [0, 0.05) is 51.2 Å². The summed E-state index contributed by atoms with van der Waals surface area (Å²) in [7, 11) is 1.66. The molecule has 0 radical (unpaired) electrons. The van der Waals surface area contributed by atoms with Gasteiger partial charge in [-0.05, 0) is 19.1 Å². The van der Waals surface area contributed by atoms with E-state index in [9.17, 15) is 4.79 Å². The summed E-state index contributed by atoms with van der Waals surface area (Å²) in [6, 6.07) is 7.88. The van der Waals surface area contributed by atoms with Crippen molar-refractivity contribution in [2.45, 2.75) is 6.92 Å². The van der Waals surface area contributed by atoms with Gasteiger partial charge in [0.05, 0.1) is 12.8 Å². The Bertz CT molecular complexity index is 708. The standard InChI is InChI=1S/C18H24N4O3/c1-3-25-14-17(23)20-9-11-21(12-10-20)18-19-7-8-22(18)15-5-4-6-16(13-15)24-2/h4-8,13H,3,9-12,14H2,1-2H3. The molecule has 1 aliphatic heterocycles. The number of ether oxygens (including phenoxy) is 2. The van der Waals surface area contributed by atoms with Gasteiger partial charge in [0.2, 0.25) is 11.9 Å². The molecule has 134 valence electrons. The van der Waals surface area contributed by atoms with E-state index in [0.29, 0.717) is 19.7 Å². The fourth-order valence-corrected chi connectivity index (χ4v) is 2.93. The Hall–Kier alpha value is -2.54. The van der Waals surface area contributed by atoms with Gasteiger partial charge in [-0.25, -0.2) is 4.98 Å². The van der Waals surface area contributed by atoms with Crippen LogP contribution in [-0.4, -0.2) is 66.9 Å². The molecule has 7 nitrogen and oxygen atoms in total. The Morgan fingerprint density at radius 1 is 1.24 bits per heavy atom. The number of amides is 1. The fraction of sp³-hybridized carbons (Fsp3) is 0.444. The number of methoxy groups -OCH3 is 1. The monoisotopic (exact) mass is 344 g/mol. The lowest BCUT2D eigenvalue weighted by molar-refractivity contribution is -0.136. The van der Waals surface area contributed by atoms with Gasteiger partial charge in [0.15, 0.2) is 0 Å². The molecular formula is C18H24N4O3. The summed E-state index contributed by atoms with van der Waals surface area (Å²) in [6.07, 6.45) is 3.73. The fourth-order valence-electron chi connectivity index (χ4n) is 2.93. The van der Waals surface area contributed by atoms with Crippen molar-refractivity contribution in [3.8, 4) is 11.4 Å². The predicted molar refractivity (Wildman–Crippen MR) is 95.4 cm³/mol. The summed E-state index contributed by atoms with van der Waals surface area (Å²) in [5, 5.41) is 0. The number of hydrogen-bond donors (Lipinski definition) is 0. The van der Waals surface area contributed by atoms with Crippen LogP contribution in [0.25, 0.3) is 5.69 Å². The van der Waals surface area contributed by atoms with Crippen LogP contribution in [0.1, 0.15) is 6.92 Å². The number of benzene rings is 1. The predicted octanol–water partition coefficient (Wildman–Crippen LogP) is 1.57. The van der Waals surface area contributed by atoms with E-state index < -0.39 is 0 Å². The zero-order valence-electron chi connectivity index (χ0n) is 14.7. The zero-order valence-corrected chi connectivity index (χ0v) is 14.7. The number of carbonyl (C=O) groups excluding carboxylic acids is 1. The van der Waals surface area contributed by atoms with E-state index in [1.807, 2.05) is 46.9 Å². The maximum Gasteiger partial charge on any atom is 0.248 e. The summed E-state index contributed by atoms with van der Waals surface area (Å²) in [5.74, 6) is 1.74. The molecule has 0 spiro atoms. The molecule has 1 fully saturated rings. The van der Waals surface area contributed by atoms with Gasteiger partial charge in [-0.1, -0.05) is 6.07 Å². The largest absolute Gasteiger partial charge is 0.497 e. The second-order valence-electron chi connectivity index (χ2n) is 5.80. The first-order valence-corrected chi connectivity index (χ1v) is 8.51. The first kappa shape index (κ1) is 17.3. The highest BCUT2D eigenvalue weighted by Crippen LogP contribution is 2.22. The summed E-state index contributed by atoms with van der Waals surface area (Å²) in [6.45, 7) is 5.47. The molecule has 7 heteroatoms. The molecule has 0 unspecified atom stereocenters. The number of hydrogen-bond acceptors (Lipinski definition) is 5. The van der Waals surface area contributed by atoms with Gasteiger partial charge < -0.3 is 19.3 Å². The van der Waals surface area contributed by atoms with Crippen molar-refractivity contribution in [1.82, 2.24) is 14.5 Å². The Labute approximate surface area is 147 Å². The van der Waals surface area contributed by atoms with Crippen LogP contribution < -0.4 is 9.64 Å². The van der Waals surface area contributed by atoms with Crippen molar-refractivity contribution >= 4 is 11.9 Å². The van der Waals surface area contributed by atoms with Gasteiger partial charge in [0.25, 0.3) is 0 Å². The molecule has 2 heterocycles. The molecule has 25 heavy (non-hydrogen) atoms. The lowest BCUT2D eigenvalue weighted by Gasteiger charge is -2.35. The molecule has 0 bridgehead atoms. The van der Waals surface area contributed by atoms with Gasteiger partial charge in [-0.15, -0.1) is 0 Å². The van der Waals surface area contributed by atoms with Crippen LogP contribution in [0.4, 0.5) is 5.95 Å². The van der Waals surface area contributed by atoms with Crippen LogP contribution in [0.5, 0.6) is 5.75 Å². The van der Waals surface area contributed by atoms with Crippen molar-refractivity contribution < 1.29 is 14.3 Å². The van der Waals surface area contributed by atoms with Crippen LogP contribution in [0, 0.1) is 0 Å². The topological polar surface area (TPSA) is 59.8 Å². The van der Waals surface area contributed by atoms with Gasteiger partial charge in [-0.2, -0.15) is 0 Å². The molecule has 0 N–H and O–H groups in total. The van der Waals surface area contributed by atoms with Crippen LogP contribution in [0.2, 0.25) is 0 Å². The highest BCUT2D eigenvalue weighted by molar-refractivity contribution is 5.77. The van der Waals surface area contributed by atoms with E-state index in [4.69, 9.17) is 9.47 Å². The minimum atomic E-state index is 0.0534. The first-order chi connectivity index (χ1) is 12.2. The molecule has 1 saturated heterocycles. The Morgan fingerprint density at radius 3 is 2.76 bits per heavy atom. The second kappa shape index (κ2) is 8.02. The minimum absolute atomic E-state index is 0.0534. The number of rotatable bonds is 6. The van der Waals surface area contributed by atoms with E-state index in [0.717, 1.165) is 30.5 Å². The Kier molecular flexibility index (Phi) is 5.55. The highest BCUT2D eigenvalue weighted by Gasteiger charge is 2.23. The van der Waals surface area contributed by atoms with E-state index in [1.165, 1.54) is 0 Å². The van der Waals surface area contributed by atoms with Gasteiger partial charge in [-0.3, -0.25) is 9.36 Å². The van der Waals surface area contributed by atoms with Crippen LogP contribution in [0.15, 0.2) is 36.7 Å². The van der Waals surface area contributed by atoms with Crippen LogP contribution >= 0.6 is 0 Å². The normalized spacial score (nSPS) is 14.6. The van der Waals surface area contributed by atoms with Crippen molar-refractivity contribution in [3.05, 3.63) is 36.7 Å². The number of imidazole rings is 1. The summed E-state index contributed by atoms with van der Waals surface area (Å²) < 4.78 is 12.6. The van der Waals surface area contributed by atoms with E-state index in [1.54, 1.807) is 13.3 Å². The Morgan fingerprint density at radius 2 is 2.04 bits per heavy atom. The van der Waals surface area contributed by atoms with Gasteiger partial charge >= 0.3 is 0 Å². The number of carbonyl (C=O) groups is 1. The average molecular weight is 344 g/mol. The second-order valence-corrected chi connectivity index (χ2v) is 5.80. The number of piperazine rings is 1. The van der Waals surface area contributed by atoms with Gasteiger partial charge in [0.1, 0.15) is 12.4 Å². The lowest BCUT2D eigenvalue weighted by atomic mass is 10.3. The minimum Gasteiger partial charge on any atom is -0.497 e. The van der Waals surface area contributed by atoms with E-state index in [-0.39, 0.29) is 12.5 Å².